The Hall–Kier alpha value is -2.41. The number of anilines is 2. The zero-order valence-corrected chi connectivity index (χ0v) is 16.3. The van der Waals surface area contributed by atoms with Gasteiger partial charge < -0.3 is 20.3 Å². The highest BCUT2D eigenvalue weighted by Gasteiger charge is 2.29. The van der Waals surface area contributed by atoms with Crippen molar-refractivity contribution in [3.05, 3.63) is 58.6 Å². The molecule has 2 aromatic rings. The summed E-state index contributed by atoms with van der Waals surface area (Å²) in [6.45, 7) is 3.63. The zero-order chi connectivity index (χ0) is 19.7. The number of fused-ring (bicyclic) bond motifs is 1. The number of halogens is 1. The van der Waals surface area contributed by atoms with Gasteiger partial charge >= 0.3 is 0 Å². The summed E-state index contributed by atoms with van der Waals surface area (Å²) >= 11 is 6.09. The highest BCUT2D eigenvalue weighted by Crippen LogP contribution is 2.32. The summed E-state index contributed by atoms with van der Waals surface area (Å²) in [6.07, 6.45) is 0.232. The number of hydrogen-bond donors (Lipinski definition) is 2. The van der Waals surface area contributed by atoms with Crippen molar-refractivity contribution >= 4 is 34.8 Å². The monoisotopic (exact) mass is 399 g/mol. The molecule has 0 bridgehead atoms. The predicted octanol–water partition coefficient (Wildman–Crippen LogP) is 2.74. The normalized spacial score (nSPS) is 21.5. The van der Waals surface area contributed by atoms with Gasteiger partial charge in [0, 0.05) is 22.9 Å². The highest BCUT2D eigenvalue weighted by atomic mass is 35.5. The van der Waals surface area contributed by atoms with E-state index < -0.39 is 0 Å². The molecule has 2 heterocycles. The molecule has 1 saturated heterocycles. The van der Waals surface area contributed by atoms with Gasteiger partial charge in [0.05, 0.1) is 25.7 Å². The minimum Gasteiger partial charge on any atom is -0.375 e. The number of nitrogens with one attached hydrogen (secondary N) is 2. The summed E-state index contributed by atoms with van der Waals surface area (Å²) in [5.74, 6) is -0.0507. The van der Waals surface area contributed by atoms with Crippen LogP contribution in [0.25, 0.3) is 0 Å². The third-order valence-corrected chi connectivity index (χ3v) is 5.38. The molecule has 0 unspecified atom stereocenters. The maximum atomic E-state index is 12.4. The lowest BCUT2D eigenvalue weighted by atomic mass is 10.1. The molecule has 0 spiro atoms. The quantitative estimate of drug-likeness (QED) is 0.829. The fourth-order valence-corrected chi connectivity index (χ4v) is 3.79. The first-order valence-corrected chi connectivity index (χ1v) is 9.72. The minimum absolute atomic E-state index is 0.0620. The van der Waals surface area contributed by atoms with Gasteiger partial charge in [-0.1, -0.05) is 29.8 Å². The van der Waals surface area contributed by atoms with Crippen LogP contribution >= 0.6 is 11.6 Å². The van der Waals surface area contributed by atoms with Crippen molar-refractivity contribution in [2.75, 3.05) is 23.4 Å². The van der Waals surface area contributed by atoms with E-state index in [1.54, 1.807) is 4.90 Å². The van der Waals surface area contributed by atoms with Crippen LogP contribution in [-0.2, 0) is 27.3 Å². The second-order valence-corrected chi connectivity index (χ2v) is 7.56. The lowest BCUT2D eigenvalue weighted by Crippen LogP contribution is -2.53. The molecule has 2 aliphatic heterocycles. The average molecular weight is 400 g/mol. The summed E-state index contributed by atoms with van der Waals surface area (Å²) in [7, 11) is 0. The largest absolute Gasteiger partial charge is 0.375 e. The van der Waals surface area contributed by atoms with Crippen molar-refractivity contribution in [3.8, 4) is 0 Å². The van der Waals surface area contributed by atoms with E-state index in [2.05, 4.69) is 10.6 Å². The first kappa shape index (κ1) is 18.9. The van der Waals surface area contributed by atoms with Gasteiger partial charge in [0.1, 0.15) is 6.04 Å². The second-order valence-electron chi connectivity index (χ2n) is 7.12. The maximum Gasteiger partial charge on any atom is 0.244 e. The van der Waals surface area contributed by atoms with Crippen molar-refractivity contribution in [3.63, 3.8) is 0 Å². The summed E-state index contributed by atoms with van der Waals surface area (Å²) < 4.78 is 5.52. The summed E-state index contributed by atoms with van der Waals surface area (Å²) in [6, 6.07) is 12.7. The SMILES string of the molecule is C[C@H]1OCCN[C@@H]1C(=O)Nc1ccc(CN2C(=O)Cc3ccc(Cl)cc32)cc1. The van der Waals surface area contributed by atoms with Crippen molar-refractivity contribution in [1.82, 2.24) is 5.32 Å². The lowest BCUT2D eigenvalue weighted by Gasteiger charge is -2.29. The smallest absolute Gasteiger partial charge is 0.244 e. The summed E-state index contributed by atoms with van der Waals surface area (Å²) in [4.78, 5) is 26.6. The standard InChI is InChI=1S/C21H22ClN3O3/c1-13-20(23-8-9-28-13)21(27)24-17-6-2-14(3-7-17)12-25-18-11-16(22)5-4-15(18)10-19(25)26/h2-7,11,13,20,23H,8-10,12H2,1H3,(H,24,27)/t13-,20+/m1/s1. The Morgan fingerprint density at radius 1 is 1.29 bits per heavy atom. The molecule has 7 heteroatoms. The zero-order valence-electron chi connectivity index (χ0n) is 15.6. The molecule has 6 nitrogen and oxygen atoms in total. The van der Waals surface area contributed by atoms with Gasteiger partial charge in [0.2, 0.25) is 11.8 Å². The van der Waals surface area contributed by atoms with Crippen LogP contribution in [0.1, 0.15) is 18.1 Å². The van der Waals surface area contributed by atoms with Crippen molar-refractivity contribution < 1.29 is 14.3 Å². The predicted molar refractivity (Wildman–Crippen MR) is 109 cm³/mol. The number of morpholine rings is 1. The van der Waals surface area contributed by atoms with E-state index in [4.69, 9.17) is 16.3 Å². The summed E-state index contributed by atoms with van der Waals surface area (Å²) in [5, 5.41) is 6.71. The molecule has 2 aliphatic rings. The number of amides is 2. The van der Waals surface area contributed by atoms with Crippen LogP contribution in [0, 0.1) is 0 Å². The molecule has 0 radical (unpaired) electrons. The van der Waals surface area contributed by atoms with Crippen LogP contribution < -0.4 is 15.5 Å². The molecule has 1 fully saturated rings. The van der Waals surface area contributed by atoms with Gasteiger partial charge in [0.15, 0.2) is 0 Å². The molecule has 0 aromatic heterocycles. The van der Waals surface area contributed by atoms with Crippen molar-refractivity contribution in [2.24, 2.45) is 0 Å². The van der Waals surface area contributed by atoms with Gasteiger partial charge in [-0.2, -0.15) is 0 Å². The van der Waals surface area contributed by atoms with E-state index in [0.717, 1.165) is 16.8 Å². The van der Waals surface area contributed by atoms with E-state index in [1.807, 2.05) is 49.4 Å². The minimum atomic E-state index is -0.364. The third kappa shape index (κ3) is 3.90. The molecule has 4 rings (SSSR count). The fourth-order valence-electron chi connectivity index (χ4n) is 3.63. The van der Waals surface area contributed by atoms with Crippen LogP contribution in [0.2, 0.25) is 5.02 Å². The molecule has 0 aliphatic carbocycles. The number of benzene rings is 2. The Bertz CT molecular complexity index is 900. The molecule has 0 saturated carbocycles. The van der Waals surface area contributed by atoms with E-state index in [-0.39, 0.29) is 24.0 Å². The molecule has 2 amide bonds. The number of rotatable bonds is 4. The van der Waals surface area contributed by atoms with E-state index >= 15 is 0 Å². The van der Waals surface area contributed by atoms with E-state index in [0.29, 0.717) is 36.8 Å². The number of carbonyl (C=O) groups is 2. The topological polar surface area (TPSA) is 70.7 Å². The Morgan fingerprint density at radius 2 is 2.07 bits per heavy atom. The summed E-state index contributed by atoms with van der Waals surface area (Å²) in [5.41, 5.74) is 3.55. The van der Waals surface area contributed by atoms with Gasteiger partial charge in [-0.25, -0.2) is 0 Å². The molecular weight excluding hydrogens is 378 g/mol. The van der Waals surface area contributed by atoms with Gasteiger partial charge in [-0.05, 0) is 42.3 Å². The van der Waals surface area contributed by atoms with Gasteiger partial charge in [0.25, 0.3) is 0 Å². The number of ether oxygens (including phenoxy) is 1. The molecular formula is C21H22ClN3O3. The molecule has 146 valence electrons. The third-order valence-electron chi connectivity index (χ3n) is 5.14. The maximum absolute atomic E-state index is 12.4. The highest BCUT2D eigenvalue weighted by molar-refractivity contribution is 6.31. The Kier molecular flexibility index (Phi) is 5.35. The first-order chi connectivity index (χ1) is 13.5. The molecule has 2 N–H and O–H groups in total. The van der Waals surface area contributed by atoms with Crippen LogP contribution in [-0.4, -0.2) is 37.1 Å². The van der Waals surface area contributed by atoms with Crippen LogP contribution in [0.5, 0.6) is 0 Å². The van der Waals surface area contributed by atoms with Crippen LogP contribution in [0.15, 0.2) is 42.5 Å². The fraction of sp³-hybridized carbons (Fsp3) is 0.333. The second kappa shape index (κ2) is 7.91. The number of nitrogens with zero attached hydrogens (tertiary/aromatic N) is 1. The Morgan fingerprint density at radius 3 is 2.82 bits per heavy atom. The van der Waals surface area contributed by atoms with Crippen molar-refractivity contribution in [1.29, 1.82) is 0 Å². The van der Waals surface area contributed by atoms with E-state index in [1.165, 1.54) is 0 Å². The molecule has 28 heavy (non-hydrogen) atoms. The number of hydrogen-bond acceptors (Lipinski definition) is 4. The molecule has 2 aromatic carbocycles. The van der Waals surface area contributed by atoms with Crippen molar-refractivity contribution in [2.45, 2.75) is 32.0 Å². The average Bonchev–Trinajstić information content (AvgIpc) is 2.98. The Labute approximate surface area is 168 Å². The van der Waals surface area contributed by atoms with Gasteiger partial charge in [-0.15, -0.1) is 0 Å². The Balaban J connectivity index is 1.42. The number of carbonyl (C=O) groups excluding carboxylic acids is 2. The van der Waals surface area contributed by atoms with E-state index in [9.17, 15) is 9.59 Å². The van der Waals surface area contributed by atoms with Crippen LogP contribution in [0.4, 0.5) is 11.4 Å². The molecule has 2 atom stereocenters. The van der Waals surface area contributed by atoms with Crippen LogP contribution in [0.3, 0.4) is 0 Å². The lowest BCUT2D eigenvalue weighted by molar-refractivity contribution is -0.123. The van der Waals surface area contributed by atoms with Gasteiger partial charge in [-0.3, -0.25) is 9.59 Å². The first-order valence-electron chi connectivity index (χ1n) is 9.35.